The monoisotopic (exact) mass is 377 g/mol. The van der Waals surface area contributed by atoms with E-state index in [1.54, 1.807) is 0 Å². The van der Waals surface area contributed by atoms with Crippen molar-refractivity contribution in [2.75, 3.05) is 26.7 Å². The average molecular weight is 377 g/mol. The van der Waals surface area contributed by atoms with E-state index in [1.165, 1.54) is 24.1 Å². The highest BCUT2D eigenvalue weighted by Crippen LogP contribution is 2.45. The van der Waals surface area contributed by atoms with Gasteiger partial charge in [0, 0.05) is 48.5 Å². The lowest BCUT2D eigenvalue weighted by Gasteiger charge is -2.36. The summed E-state index contributed by atoms with van der Waals surface area (Å²) in [7, 11) is 2.15. The summed E-state index contributed by atoms with van der Waals surface area (Å²) >= 11 is 0. The molecule has 2 aliphatic carbocycles. The van der Waals surface area contributed by atoms with Gasteiger partial charge in [-0.2, -0.15) is 10.2 Å². The van der Waals surface area contributed by atoms with Gasteiger partial charge >= 0.3 is 0 Å². The van der Waals surface area contributed by atoms with Crippen molar-refractivity contribution in [1.29, 1.82) is 0 Å². The zero-order chi connectivity index (χ0) is 18.8. The molecular formula is C21H27N7. The standard InChI is InChI=1S/C21H27N7/c1-26-10-17(11-26)27-9-15-8-23-20(6-19(15)24-27)18-12-28(16-4-13(5-16)7-22)25-21(18)14-2-3-14/h6,8-9,12-14,16-17H,2-5,7,10-11,22H2,1H3. The maximum Gasteiger partial charge on any atom is 0.0960 e. The number of hydrogen-bond acceptors (Lipinski definition) is 5. The molecule has 0 unspecified atom stereocenters. The highest BCUT2D eigenvalue weighted by Gasteiger charge is 2.34. The molecule has 6 rings (SSSR count). The summed E-state index contributed by atoms with van der Waals surface area (Å²) in [5, 5.41) is 10.9. The van der Waals surface area contributed by atoms with E-state index >= 15 is 0 Å². The van der Waals surface area contributed by atoms with Gasteiger partial charge in [0.1, 0.15) is 0 Å². The molecule has 1 aliphatic heterocycles. The minimum atomic E-state index is 0.486. The molecule has 3 aromatic heterocycles. The van der Waals surface area contributed by atoms with Crippen LogP contribution in [0.25, 0.3) is 22.2 Å². The molecule has 0 atom stereocenters. The number of fused-ring (bicyclic) bond motifs is 1. The van der Waals surface area contributed by atoms with Crippen LogP contribution >= 0.6 is 0 Å². The van der Waals surface area contributed by atoms with E-state index in [1.807, 2.05) is 6.20 Å². The Morgan fingerprint density at radius 3 is 2.57 bits per heavy atom. The van der Waals surface area contributed by atoms with E-state index in [4.69, 9.17) is 20.9 Å². The first-order chi connectivity index (χ1) is 13.7. The average Bonchev–Trinajstić information content (AvgIpc) is 3.24. The van der Waals surface area contributed by atoms with E-state index in [0.29, 0.717) is 23.9 Å². The van der Waals surface area contributed by atoms with Crippen molar-refractivity contribution >= 4 is 10.9 Å². The zero-order valence-electron chi connectivity index (χ0n) is 16.3. The summed E-state index contributed by atoms with van der Waals surface area (Å²) in [4.78, 5) is 7.10. The van der Waals surface area contributed by atoms with E-state index in [9.17, 15) is 0 Å². The number of rotatable bonds is 5. The molecule has 4 heterocycles. The van der Waals surface area contributed by atoms with E-state index in [2.05, 4.69) is 39.8 Å². The van der Waals surface area contributed by atoms with Gasteiger partial charge in [0.05, 0.1) is 29.0 Å². The summed E-state index contributed by atoms with van der Waals surface area (Å²) in [6, 6.07) is 3.13. The number of pyridine rings is 1. The molecule has 7 heteroatoms. The molecule has 0 amide bonds. The second-order valence-corrected chi connectivity index (χ2v) is 9.02. The lowest BCUT2D eigenvalue weighted by Crippen LogP contribution is -2.45. The maximum atomic E-state index is 5.81. The molecule has 3 aromatic rings. The van der Waals surface area contributed by atoms with Crippen molar-refractivity contribution in [3.05, 3.63) is 30.4 Å². The maximum absolute atomic E-state index is 5.81. The lowest BCUT2D eigenvalue weighted by atomic mass is 9.80. The van der Waals surface area contributed by atoms with Crippen LogP contribution in [0.4, 0.5) is 0 Å². The molecule has 1 saturated heterocycles. The van der Waals surface area contributed by atoms with Gasteiger partial charge in [-0.3, -0.25) is 14.3 Å². The van der Waals surface area contributed by atoms with Crippen LogP contribution in [0, 0.1) is 5.92 Å². The zero-order valence-corrected chi connectivity index (χ0v) is 16.3. The Kier molecular flexibility index (Phi) is 3.65. The van der Waals surface area contributed by atoms with Gasteiger partial charge in [-0.1, -0.05) is 0 Å². The highest BCUT2D eigenvalue weighted by atomic mass is 15.4. The first kappa shape index (κ1) is 16.7. The van der Waals surface area contributed by atoms with Gasteiger partial charge in [-0.15, -0.1) is 0 Å². The number of likely N-dealkylation sites (N-methyl/N-ethyl adjacent to an activating group) is 1. The molecule has 2 saturated carbocycles. The number of likely N-dealkylation sites (tertiary alicyclic amines) is 1. The minimum Gasteiger partial charge on any atom is -0.330 e. The van der Waals surface area contributed by atoms with Crippen molar-refractivity contribution in [2.24, 2.45) is 11.7 Å². The van der Waals surface area contributed by atoms with Crippen LogP contribution in [0.3, 0.4) is 0 Å². The molecule has 0 spiro atoms. The second kappa shape index (κ2) is 6.12. The van der Waals surface area contributed by atoms with E-state index < -0.39 is 0 Å². The predicted octanol–water partition coefficient (Wildman–Crippen LogP) is 2.57. The van der Waals surface area contributed by atoms with E-state index in [-0.39, 0.29) is 0 Å². The number of nitrogens with zero attached hydrogens (tertiary/aromatic N) is 6. The van der Waals surface area contributed by atoms with Crippen LogP contribution in [-0.4, -0.2) is 56.1 Å². The molecular weight excluding hydrogens is 350 g/mol. The molecule has 3 aliphatic rings. The van der Waals surface area contributed by atoms with Gasteiger partial charge in [-0.25, -0.2) is 0 Å². The Labute approximate surface area is 164 Å². The molecule has 3 fully saturated rings. The second-order valence-electron chi connectivity index (χ2n) is 9.02. The number of hydrogen-bond donors (Lipinski definition) is 1. The Morgan fingerprint density at radius 2 is 1.86 bits per heavy atom. The SMILES string of the molecule is CN1CC(n2cc3cnc(-c4cn(C5CC(CN)C5)nc4C4CC4)cc3n2)C1. The molecule has 0 bridgehead atoms. The third-order valence-corrected chi connectivity index (χ3v) is 6.74. The Balaban J connectivity index is 1.33. The number of aromatic nitrogens is 5. The summed E-state index contributed by atoms with van der Waals surface area (Å²) < 4.78 is 4.30. The number of nitrogens with two attached hydrogens (primary N) is 1. The van der Waals surface area contributed by atoms with Crippen LogP contribution in [0.2, 0.25) is 0 Å². The van der Waals surface area contributed by atoms with Gasteiger partial charge in [0.15, 0.2) is 0 Å². The molecule has 7 nitrogen and oxygen atoms in total. The van der Waals surface area contributed by atoms with Gasteiger partial charge in [0.2, 0.25) is 0 Å². The Bertz CT molecular complexity index is 1020. The predicted molar refractivity (Wildman–Crippen MR) is 108 cm³/mol. The van der Waals surface area contributed by atoms with E-state index in [0.717, 1.165) is 49.1 Å². The summed E-state index contributed by atoms with van der Waals surface area (Å²) in [5.41, 5.74) is 10.3. The lowest BCUT2D eigenvalue weighted by molar-refractivity contribution is 0.131. The van der Waals surface area contributed by atoms with Crippen molar-refractivity contribution in [2.45, 2.75) is 43.7 Å². The van der Waals surface area contributed by atoms with Crippen molar-refractivity contribution < 1.29 is 0 Å². The fourth-order valence-electron chi connectivity index (χ4n) is 4.66. The fourth-order valence-corrected chi connectivity index (χ4v) is 4.66. The first-order valence-corrected chi connectivity index (χ1v) is 10.5. The van der Waals surface area contributed by atoms with Crippen LogP contribution in [-0.2, 0) is 0 Å². The van der Waals surface area contributed by atoms with Crippen LogP contribution in [0.1, 0.15) is 49.4 Å². The van der Waals surface area contributed by atoms with Crippen molar-refractivity contribution in [3.8, 4) is 11.3 Å². The van der Waals surface area contributed by atoms with Crippen molar-refractivity contribution in [1.82, 2.24) is 29.4 Å². The molecule has 0 radical (unpaired) electrons. The summed E-state index contributed by atoms with van der Waals surface area (Å²) in [6.07, 6.45) is 11.1. The third kappa shape index (κ3) is 2.68. The van der Waals surface area contributed by atoms with Crippen LogP contribution < -0.4 is 5.73 Å². The largest absolute Gasteiger partial charge is 0.330 e. The molecule has 28 heavy (non-hydrogen) atoms. The Morgan fingerprint density at radius 1 is 1.07 bits per heavy atom. The fraction of sp³-hybridized carbons (Fsp3) is 0.571. The Hall–Kier alpha value is -2.25. The summed E-state index contributed by atoms with van der Waals surface area (Å²) in [5.74, 6) is 1.26. The molecule has 146 valence electrons. The first-order valence-electron chi connectivity index (χ1n) is 10.5. The smallest absolute Gasteiger partial charge is 0.0960 e. The van der Waals surface area contributed by atoms with Crippen LogP contribution in [0.5, 0.6) is 0 Å². The van der Waals surface area contributed by atoms with Gasteiger partial charge < -0.3 is 10.6 Å². The minimum absolute atomic E-state index is 0.486. The highest BCUT2D eigenvalue weighted by molar-refractivity contribution is 5.81. The van der Waals surface area contributed by atoms with Gasteiger partial charge in [0.25, 0.3) is 0 Å². The van der Waals surface area contributed by atoms with Gasteiger partial charge in [-0.05, 0) is 51.3 Å². The van der Waals surface area contributed by atoms with Crippen LogP contribution in [0.15, 0.2) is 24.7 Å². The topological polar surface area (TPSA) is 77.8 Å². The molecule has 2 N–H and O–H groups in total. The molecule has 0 aromatic carbocycles. The van der Waals surface area contributed by atoms with Crippen molar-refractivity contribution in [3.63, 3.8) is 0 Å². The normalized spacial score (nSPS) is 25.8. The quantitative estimate of drug-likeness (QED) is 0.739. The summed E-state index contributed by atoms with van der Waals surface area (Å²) in [6.45, 7) is 2.92. The third-order valence-electron chi connectivity index (χ3n) is 6.74.